The SMILES string of the molecule is Cc1nc2cccnc2n1CCNC(=O)c1cccs1. The van der Waals surface area contributed by atoms with Crippen molar-refractivity contribution in [2.45, 2.75) is 13.5 Å². The predicted molar refractivity (Wildman–Crippen MR) is 78.9 cm³/mol. The van der Waals surface area contributed by atoms with Gasteiger partial charge >= 0.3 is 0 Å². The van der Waals surface area contributed by atoms with Crippen LogP contribution >= 0.6 is 11.3 Å². The third-order valence-electron chi connectivity index (χ3n) is 3.06. The van der Waals surface area contributed by atoms with Gasteiger partial charge in [-0.1, -0.05) is 6.07 Å². The van der Waals surface area contributed by atoms with Crippen LogP contribution < -0.4 is 5.32 Å². The van der Waals surface area contributed by atoms with Crippen molar-refractivity contribution in [1.82, 2.24) is 19.9 Å². The summed E-state index contributed by atoms with van der Waals surface area (Å²) < 4.78 is 2.02. The molecule has 0 saturated heterocycles. The quantitative estimate of drug-likeness (QED) is 0.800. The Balaban J connectivity index is 1.68. The minimum atomic E-state index is -0.0324. The Kier molecular flexibility index (Phi) is 3.47. The number of imidazole rings is 1. The first-order valence-electron chi connectivity index (χ1n) is 6.35. The maximum Gasteiger partial charge on any atom is 0.261 e. The van der Waals surface area contributed by atoms with E-state index < -0.39 is 0 Å². The summed E-state index contributed by atoms with van der Waals surface area (Å²) >= 11 is 1.44. The molecule has 0 radical (unpaired) electrons. The molecule has 102 valence electrons. The van der Waals surface area contributed by atoms with Crippen molar-refractivity contribution >= 4 is 28.4 Å². The zero-order chi connectivity index (χ0) is 13.9. The van der Waals surface area contributed by atoms with E-state index in [1.807, 2.05) is 41.1 Å². The lowest BCUT2D eigenvalue weighted by atomic mass is 10.4. The Morgan fingerprint density at radius 2 is 2.30 bits per heavy atom. The smallest absolute Gasteiger partial charge is 0.261 e. The summed E-state index contributed by atoms with van der Waals surface area (Å²) in [7, 11) is 0. The molecule has 0 unspecified atom stereocenters. The summed E-state index contributed by atoms with van der Waals surface area (Å²) in [4.78, 5) is 21.4. The molecule has 3 rings (SSSR count). The number of fused-ring (bicyclic) bond motifs is 1. The van der Waals surface area contributed by atoms with Crippen LogP contribution in [0.1, 0.15) is 15.5 Å². The van der Waals surface area contributed by atoms with E-state index in [1.54, 1.807) is 6.20 Å². The second kappa shape index (κ2) is 5.42. The highest BCUT2D eigenvalue weighted by molar-refractivity contribution is 7.12. The molecular weight excluding hydrogens is 272 g/mol. The van der Waals surface area contributed by atoms with Crippen molar-refractivity contribution in [3.63, 3.8) is 0 Å². The molecule has 0 fully saturated rings. The molecule has 0 saturated carbocycles. The number of thiophene rings is 1. The molecule has 0 bridgehead atoms. The van der Waals surface area contributed by atoms with Gasteiger partial charge in [-0.25, -0.2) is 9.97 Å². The second-order valence-electron chi connectivity index (χ2n) is 4.39. The van der Waals surface area contributed by atoms with Crippen molar-refractivity contribution in [3.05, 3.63) is 46.5 Å². The van der Waals surface area contributed by atoms with Crippen LogP contribution in [-0.4, -0.2) is 27.0 Å². The van der Waals surface area contributed by atoms with E-state index >= 15 is 0 Å². The van der Waals surface area contributed by atoms with Gasteiger partial charge in [0.05, 0.1) is 4.88 Å². The van der Waals surface area contributed by atoms with Crippen LogP contribution in [0.3, 0.4) is 0 Å². The Labute approximate surface area is 120 Å². The number of hydrogen-bond acceptors (Lipinski definition) is 4. The van der Waals surface area contributed by atoms with E-state index in [1.165, 1.54) is 11.3 Å². The van der Waals surface area contributed by atoms with E-state index in [9.17, 15) is 4.79 Å². The summed E-state index contributed by atoms with van der Waals surface area (Å²) in [6.07, 6.45) is 1.75. The molecular formula is C14H14N4OS. The van der Waals surface area contributed by atoms with Gasteiger partial charge in [0.15, 0.2) is 5.65 Å². The number of aromatic nitrogens is 3. The van der Waals surface area contributed by atoms with Crippen LogP contribution in [0.4, 0.5) is 0 Å². The van der Waals surface area contributed by atoms with Gasteiger partial charge in [0.2, 0.25) is 0 Å². The molecule has 1 amide bonds. The van der Waals surface area contributed by atoms with Gasteiger partial charge in [-0.15, -0.1) is 11.3 Å². The molecule has 3 aromatic rings. The van der Waals surface area contributed by atoms with Gasteiger partial charge in [0.25, 0.3) is 5.91 Å². The number of hydrogen-bond donors (Lipinski definition) is 1. The molecule has 5 nitrogen and oxygen atoms in total. The monoisotopic (exact) mass is 286 g/mol. The highest BCUT2D eigenvalue weighted by Gasteiger charge is 2.09. The third-order valence-corrected chi connectivity index (χ3v) is 3.93. The maximum atomic E-state index is 11.8. The minimum Gasteiger partial charge on any atom is -0.350 e. The summed E-state index contributed by atoms with van der Waals surface area (Å²) in [5.41, 5.74) is 1.74. The number of carbonyl (C=O) groups is 1. The largest absolute Gasteiger partial charge is 0.350 e. The molecule has 3 aromatic heterocycles. The zero-order valence-corrected chi connectivity index (χ0v) is 11.9. The molecule has 0 atom stereocenters. The van der Waals surface area contributed by atoms with E-state index in [0.717, 1.165) is 21.9 Å². The van der Waals surface area contributed by atoms with E-state index in [4.69, 9.17) is 0 Å². The number of aryl methyl sites for hydroxylation is 1. The molecule has 0 spiro atoms. The van der Waals surface area contributed by atoms with Crippen LogP contribution in [0.5, 0.6) is 0 Å². The fraction of sp³-hybridized carbons (Fsp3) is 0.214. The van der Waals surface area contributed by atoms with Crippen molar-refractivity contribution < 1.29 is 4.79 Å². The van der Waals surface area contributed by atoms with Gasteiger partial charge in [0.1, 0.15) is 11.3 Å². The van der Waals surface area contributed by atoms with Gasteiger partial charge in [0, 0.05) is 19.3 Å². The minimum absolute atomic E-state index is 0.0324. The number of pyridine rings is 1. The summed E-state index contributed by atoms with van der Waals surface area (Å²) in [5, 5.41) is 4.81. The van der Waals surface area contributed by atoms with Gasteiger partial charge in [-0.3, -0.25) is 4.79 Å². The fourth-order valence-electron chi connectivity index (χ4n) is 2.12. The highest BCUT2D eigenvalue weighted by atomic mass is 32.1. The lowest BCUT2D eigenvalue weighted by Gasteiger charge is -2.07. The van der Waals surface area contributed by atoms with E-state index in [2.05, 4.69) is 15.3 Å². The Bertz CT molecular complexity index is 733. The van der Waals surface area contributed by atoms with Crippen molar-refractivity contribution in [1.29, 1.82) is 0 Å². The van der Waals surface area contributed by atoms with Crippen molar-refractivity contribution in [2.24, 2.45) is 0 Å². The molecule has 0 aliphatic carbocycles. The summed E-state index contributed by atoms with van der Waals surface area (Å²) in [6, 6.07) is 7.50. The van der Waals surface area contributed by atoms with Crippen LogP contribution in [0.15, 0.2) is 35.8 Å². The molecule has 20 heavy (non-hydrogen) atoms. The normalized spacial score (nSPS) is 10.8. The highest BCUT2D eigenvalue weighted by Crippen LogP contribution is 2.12. The van der Waals surface area contributed by atoms with E-state index in [0.29, 0.717) is 13.1 Å². The molecule has 3 heterocycles. The fourth-order valence-corrected chi connectivity index (χ4v) is 2.76. The lowest BCUT2D eigenvalue weighted by molar-refractivity contribution is 0.0956. The average Bonchev–Trinajstić information content (AvgIpc) is 3.07. The molecule has 1 N–H and O–H groups in total. The van der Waals surface area contributed by atoms with Crippen LogP contribution in [0.2, 0.25) is 0 Å². The third kappa shape index (κ3) is 2.42. The van der Waals surface area contributed by atoms with Gasteiger partial charge in [-0.05, 0) is 30.5 Å². The number of carbonyl (C=O) groups excluding carboxylic acids is 1. The second-order valence-corrected chi connectivity index (χ2v) is 5.34. The maximum absolute atomic E-state index is 11.8. The summed E-state index contributed by atoms with van der Waals surface area (Å²) in [6.45, 7) is 3.17. The van der Waals surface area contributed by atoms with Crippen LogP contribution in [-0.2, 0) is 6.54 Å². The van der Waals surface area contributed by atoms with Gasteiger partial charge in [-0.2, -0.15) is 0 Å². The first-order chi connectivity index (χ1) is 9.75. The predicted octanol–water partition coefficient (Wildman–Crippen LogP) is 2.23. The summed E-state index contributed by atoms with van der Waals surface area (Å²) in [5.74, 6) is 0.874. The van der Waals surface area contributed by atoms with Crippen LogP contribution in [0.25, 0.3) is 11.2 Å². The first-order valence-corrected chi connectivity index (χ1v) is 7.23. The topological polar surface area (TPSA) is 59.8 Å². The number of nitrogens with zero attached hydrogens (tertiary/aromatic N) is 3. The average molecular weight is 286 g/mol. The Morgan fingerprint density at radius 1 is 1.40 bits per heavy atom. The van der Waals surface area contributed by atoms with Crippen molar-refractivity contribution in [3.8, 4) is 0 Å². The first kappa shape index (κ1) is 12.8. The molecule has 6 heteroatoms. The van der Waals surface area contributed by atoms with E-state index in [-0.39, 0.29) is 5.91 Å². The Hall–Kier alpha value is -2.21. The molecule has 0 aliphatic heterocycles. The Morgan fingerprint density at radius 3 is 3.10 bits per heavy atom. The lowest BCUT2D eigenvalue weighted by Crippen LogP contribution is -2.26. The number of rotatable bonds is 4. The number of amides is 1. The molecule has 0 aromatic carbocycles. The standard InChI is InChI=1S/C14H14N4OS/c1-10-17-11-4-2-6-15-13(11)18(10)8-7-16-14(19)12-5-3-9-20-12/h2-6,9H,7-8H2,1H3,(H,16,19). The van der Waals surface area contributed by atoms with Crippen LogP contribution in [0, 0.1) is 6.92 Å². The van der Waals surface area contributed by atoms with Gasteiger partial charge < -0.3 is 9.88 Å². The zero-order valence-electron chi connectivity index (χ0n) is 11.0. The van der Waals surface area contributed by atoms with Crippen molar-refractivity contribution in [2.75, 3.05) is 6.54 Å². The molecule has 0 aliphatic rings. The number of nitrogens with one attached hydrogen (secondary N) is 1.